The van der Waals surface area contributed by atoms with Crippen molar-refractivity contribution < 1.29 is 30.5 Å². The Morgan fingerprint density at radius 3 is 2.11 bits per heavy atom. The molecule has 0 saturated carbocycles. The summed E-state index contributed by atoms with van der Waals surface area (Å²) in [5, 5.41) is 3.15. The van der Waals surface area contributed by atoms with Crippen LogP contribution in [0.5, 0.6) is 0 Å². The maximum atomic E-state index is 13.0. The number of nitrogens with one attached hydrogen (secondary N) is 2. The zero-order valence-corrected chi connectivity index (χ0v) is 14.3. The van der Waals surface area contributed by atoms with Gasteiger partial charge in [-0.1, -0.05) is 17.7 Å². The van der Waals surface area contributed by atoms with Crippen LogP contribution in [0.2, 0.25) is 5.15 Å². The molecule has 2 rings (SSSR count). The average molecular weight is 418 g/mol. The highest BCUT2D eigenvalue weighted by molar-refractivity contribution is 6.29. The first-order valence-corrected chi connectivity index (χ1v) is 7.47. The predicted octanol–water partition coefficient (Wildman–Crippen LogP) is 4.31. The second kappa shape index (κ2) is 7.71. The molecule has 2 aromatic rings. The third-order valence-corrected chi connectivity index (χ3v) is 3.21. The van der Waals surface area contributed by atoms with E-state index in [1.54, 1.807) is 5.32 Å². The van der Waals surface area contributed by atoms with Crippen molar-refractivity contribution in [2.24, 2.45) is 0 Å². The molecule has 148 valence electrons. The van der Waals surface area contributed by atoms with E-state index in [-0.39, 0.29) is 6.04 Å². The van der Waals surface area contributed by atoms with Gasteiger partial charge in [0.25, 0.3) is 0 Å². The standard InChI is InChI=1S/C14H13ClF6N6/c1-6(13(16,17)18)22-11-25-10(8-4-3-5-9(15)24-8)26-12(27-11)23-7(2)14(19,20)21/h3-7H,1-2H3,(H2,22,23,25,26,27)/t6-,7-/m1/s1/i4D,5D,6D. The van der Waals surface area contributed by atoms with E-state index in [0.29, 0.717) is 6.92 Å². The van der Waals surface area contributed by atoms with Crippen LogP contribution < -0.4 is 10.6 Å². The summed E-state index contributed by atoms with van der Waals surface area (Å²) in [7, 11) is 0. The van der Waals surface area contributed by atoms with E-state index in [0.717, 1.165) is 13.0 Å². The molecule has 0 amide bonds. The van der Waals surface area contributed by atoms with Crippen LogP contribution in [0, 0.1) is 0 Å². The second-order valence-electron chi connectivity index (χ2n) is 5.15. The van der Waals surface area contributed by atoms with Gasteiger partial charge in [0.1, 0.15) is 22.9 Å². The highest BCUT2D eigenvalue weighted by Gasteiger charge is 2.38. The monoisotopic (exact) mass is 417 g/mol. The summed E-state index contributed by atoms with van der Waals surface area (Å²) in [4.78, 5) is 14.4. The minimum absolute atomic E-state index is 0.335. The number of alkyl halides is 6. The summed E-state index contributed by atoms with van der Waals surface area (Å²) in [6, 6.07) is -5.33. The number of hydrogen-bond acceptors (Lipinski definition) is 6. The molecule has 2 heterocycles. The van der Waals surface area contributed by atoms with Crippen LogP contribution in [0.3, 0.4) is 0 Å². The molecule has 2 aromatic heterocycles. The number of aromatic nitrogens is 4. The first-order valence-electron chi connectivity index (χ1n) is 8.59. The van der Waals surface area contributed by atoms with Gasteiger partial charge in [0.2, 0.25) is 11.9 Å². The van der Waals surface area contributed by atoms with Crippen LogP contribution >= 0.6 is 11.6 Å². The Morgan fingerprint density at radius 2 is 1.56 bits per heavy atom. The predicted molar refractivity (Wildman–Crippen MR) is 86.3 cm³/mol. The van der Waals surface area contributed by atoms with Gasteiger partial charge in [0.05, 0.1) is 4.11 Å². The SMILES string of the molecule is [2H]c1cc([2H])c(-c2nc(N[C@H](C)C(F)(F)F)nc(N[C@]([2H])(C)C(F)(F)F)n2)nc1Cl. The van der Waals surface area contributed by atoms with Gasteiger partial charge < -0.3 is 10.6 Å². The summed E-state index contributed by atoms with van der Waals surface area (Å²) in [6.07, 6.45) is -9.81. The van der Waals surface area contributed by atoms with E-state index in [1.807, 2.05) is 5.32 Å². The molecule has 2 atom stereocenters. The third kappa shape index (κ3) is 5.81. The molecule has 0 aliphatic heterocycles. The molecule has 0 aliphatic carbocycles. The van der Waals surface area contributed by atoms with Crippen LogP contribution in [0.25, 0.3) is 11.5 Å². The maximum Gasteiger partial charge on any atom is 0.408 e. The van der Waals surface area contributed by atoms with E-state index in [2.05, 4.69) is 19.9 Å². The first kappa shape index (κ1) is 16.8. The number of rotatable bonds is 5. The number of anilines is 2. The lowest BCUT2D eigenvalue weighted by Crippen LogP contribution is -2.35. The molecule has 0 aliphatic rings. The minimum Gasteiger partial charge on any atom is -0.343 e. The molecule has 0 unspecified atom stereocenters. The highest BCUT2D eigenvalue weighted by Crippen LogP contribution is 2.26. The molecular formula is C14H13ClF6N6. The molecule has 0 aromatic carbocycles. The van der Waals surface area contributed by atoms with Crippen molar-refractivity contribution in [1.82, 2.24) is 19.9 Å². The van der Waals surface area contributed by atoms with Gasteiger partial charge in [0.15, 0.2) is 5.82 Å². The number of hydrogen-bond donors (Lipinski definition) is 2. The van der Waals surface area contributed by atoms with Crippen molar-refractivity contribution in [1.29, 1.82) is 0 Å². The van der Waals surface area contributed by atoms with Gasteiger partial charge in [-0.15, -0.1) is 0 Å². The fraction of sp³-hybridized carbons (Fsp3) is 0.429. The van der Waals surface area contributed by atoms with Gasteiger partial charge >= 0.3 is 12.4 Å². The van der Waals surface area contributed by atoms with Crippen molar-refractivity contribution in [2.75, 3.05) is 10.6 Å². The summed E-state index contributed by atoms with van der Waals surface area (Å²) in [5.74, 6) is -2.26. The molecular weight excluding hydrogens is 402 g/mol. The maximum absolute atomic E-state index is 13.0. The normalized spacial score (nSPS) is 17.3. The van der Waals surface area contributed by atoms with E-state index >= 15 is 0 Å². The summed E-state index contributed by atoms with van der Waals surface area (Å²) >= 11 is 5.71. The number of pyridine rings is 1. The molecule has 0 saturated heterocycles. The van der Waals surface area contributed by atoms with Crippen molar-refractivity contribution in [3.63, 3.8) is 0 Å². The molecule has 0 fully saturated rings. The lowest BCUT2D eigenvalue weighted by Gasteiger charge is -2.20. The lowest BCUT2D eigenvalue weighted by molar-refractivity contribution is -0.139. The largest absolute Gasteiger partial charge is 0.408 e. The zero-order valence-electron chi connectivity index (χ0n) is 16.6. The van der Waals surface area contributed by atoms with Gasteiger partial charge in [-0.05, 0) is 25.9 Å². The van der Waals surface area contributed by atoms with Gasteiger partial charge in [-0.25, -0.2) is 4.98 Å². The molecule has 2 N–H and O–H groups in total. The number of nitrogens with zero attached hydrogens (tertiary/aromatic N) is 4. The molecule has 0 spiro atoms. The summed E-state index contributed by atoms with van der Waals surface area (Å²) < 4.78 is 100. The Labute approximate surface area is 158 Å². The van der Waals surface area contributed by atoms with Crippen LogP contribution in [-0.4, -0.2) is 44.3 Å². The Kier molecular flexibility index (Phi) is 4.79. The van der Waals surface area contributed by atoms with Gasteiger partial charge in [-0.2, -0.15) is 41.3 Å². The molecule has 0 radical (unpaired) electrons. The second-order valence-corrected chi connectivity index (χ2v) is 5.50. The Balaban J connectivity index is 2.59. The van der Waals surface area contributed by atoms with Crippen LogP contribution in [-0.2, 0) is 0 Å². The van der Waals surface area contributed by atoms with Crippen molar-refractivity contribution in [3.05, 3.63) is 23.3 Å². The van der Waals surface area contributed by atoms with Crippen LogP contribution in [0.15, 0.2) is 18.2 Å². The van der Waals surface area contributed by atoms with E-state index in [4.69, 9.17) is 15.7 Å². The Bertz CT molecular complexity index is 940. The number of halogens is 7. The topological polar surface area (TPSA) is 75.6 Å². The average Bonchev–Trinajstić information content (AvgIpc) is 2.55. The molecule has 27 heavy (non-hydrogen) atoms. The van der Waals surface area contributed by atoms with Crippen molar-refractivity contribution >= 4 is 23.5 Å². The van der Waals surface area contributed by atoms with Crippen molar-refractivity contribution in [2.45, 2.75) is 38.3 Å². The van der Waals surface area contributed by atoms with Gasteiger partial charge in [-0.3, -0.25) is 0 Å². The van der Waals surface area contributed by atoms with Crippen LogP contribution in [0.4, 0.5) is 38.2 Å². The summed E-state index contributed by atoms with van der Waals surface area (Å²) in [5.41, 5.74) is -0.414. The summed E-state index contributed by atoms with van der Waals surface area (Å²) in [6.45, 7) is 1.17. The fourth-order valence-corrected chi connectivity index (χ4v) is 1.70. The molecule has 0 bridgehead atoms. The fourth-order valence-electron chi connectivity index (χ4n) is 1.56. The van der Waals surface area contributed by atoms with E-state index < -0.39 is 59.0 Å². The Morgan fingerprint density at radius 1 is 0.963 bits per heavy atom. The molecule has 13 heteroatoms. The zero-order chi connectivity index (χ0) is 23.1. The smallest absolute Gasteiger partial charge is 0.343 e. The molecule has 6 nitrogen and oxygen atoms in total. The van der Waals surface area contributed by atoms with E-state index in [9.17, 15) is 26.3 Å². The van der Waals surface area contributed by atoms with Gasteiger partial charge in [0, 0.05) is 0 Å². The first-order chi connectivity index (χ1) is 13.5. The Hall–Kier alpha value is -2.37. The lowest BCUT2D eigenvalue weighted by atomic mass is 10.3. The minimum atomic E-state index is -5.08. The van der Waals surface area contributed by atoms with Crippen molar-refractivity contribution in [3.8, 4) is 11.5 Å². The third-order valence-electron chi connectivity index (χ3n) is 3.02. The van der Waals surface area contributed by atoms with E-state index in [1.165, 1.54) is 0 Å². The highest BCUT2D eigenvalue weighted by atomic mass is 35.5. The van der Waals surface area contributed by atoms with Crippen LogP contribution in [0.1, 0.15) is 18.0 Å². The quantitative estimate of drug-likeness (QED) is 0.557.